The molecule has 0 spiro atoms. The van der Waals surface area contributed by atoms with Crippen LogP contribution in [0.2, 0.25) is 0 Å². The summed E-state index contributed by atoms with van der Waals surface area (Å²) in [4.78, 5) is 35.8. The molecular formula is C13H23N3O5. The lowest BCUT2D eigenvalue weighted by Crippen LogP contribution is -2.47. The SMILES string of the molecule is COC(=O)CC[C@H](NC(=O)NCCN(C)C1CC1)C(=O)O. The number of carbonyl (C=O) groups is 3. The Labute approximate surface area is 123 Å². The second-order valence-corrected chi connectivity index (χ2v) is 5.12. The lowest BCUT2D eigenvalue weighted by molar-refractivity contribution is -0.142. The van der Waals surface area contributed by atoms with E-state index in [1.807, 2.05) is 7.05 Å². The fourth-order valence-corrected chi connectivity index (χ4v) is 1.87. The van der Waals surface area contributed by atoms with E-state index in [9.17, 15) is 14.4 Å². The van der Waals surface area contributed by atoms with E-state index >= 15 is 0 Å². The maximum absolute atomic E-state index is 11.6. The molecule has 0 radical (unpaired) electrons. The van der Waals surface area contributed by atoms with Crippen LogP contribution in [0.1, 0.15) is 25.7 Å². The van der Waals surface area contributed by atoms with Crippen LogP contribution in [0, 0.1) is 0 Å². The molecule has 21 heavy (non-hydrogen) atoms. The zero-order chi connectivity index (χ0) is 15.8. The molecule has 120 valence electrons. The van der Waals surface area contributed by atoms with Gasteiger partial charge in [-0.25, -0.2) is 9.59 Å². The third-order valence-corrected chi connectivity index (χ3v) is 3.39. The lowest BCUT2D eigenvalue weighted by Gasteiger charge is -2.17. The van der Waals surface area contributed by atoms with Gasteiger partial charge in [-0.05, 0) is 26.3 Å². The maximum Gasteiger partial charge on any atom is 0.326 e. The van der Waals surface area contributed by atoms with Crippen molar-refractivity contribution in [3.63, 3.8) is 0 Å². The number of methoxy groups -OCH3 is 1. The molecule has 1 aliphatic rings. The highest BCUT2D eigenvalue weighted by Crippen LogP contribution is 2.24. The lowest BCUT2D eigenvalue weighted by atomic mass is 10.1. The highest BCUT2D eigenvalue weighted by atomic mass is 16.5. The van der Waals surface area contributed by atoms with Crippen molar-refractivity contribution >= 4 is 18.0 Å². The maximum atomic E-state index is 11.6. The Hall–Kier alpha value is -1.83. The number of likely N-dealkylation sites (N-methyl/N-ethyl adjacent to an activating group) is 1. The first-order valence-corrected chi connectivity index (χ1v) is 6.98. The van der Waals surface area contributed by atoms with Crippen LogP contribution in [-0.2, 0) is 14.3 Å². The first-order valence-electron chi connectivity index (χ1n) is 6.98. The summed E-state index contributed by atoms with van der Waals surface area (Å²) in [6.07, 6.45) is 2.32. The zero-order valence-corrected chi connectivity index (χ0v) is 12.4. The van der Waals surface area contributed by atoms with Crippen molar-refractivity contribution in [1.82, 2.24) is 15.5 Å². The van der Waals surface area contributed by atoms with Gasteiger partial charge in [-0.15, -0.1) is 0 Å². The van der Waals surface area contributed by atoms with Crippen molar-refractivity contribution in [2.75, 3.05) is 27.2 Å². The van der Waals surface area contributed by atoms with Crippen LogP contribution in [0.5, 0.6) is 0 Å². The molecule has 8 nitrogen and oxygen atoms in total. The topological polar surface area (TPSA) is 108 Å². The Morgan fingerprint density at radius 1 is 1.38 bits per heavy atom. The predicted molar refractivity (Wildman–Crippen MR) is 74.9 cm³/mol. The van der Waals surface area contributed by atoms with Crippen molar-refractivity contribution in [1.29, 1.82) is 0 Å². The van der Waals surface area contributed by atoms with Gasteiger partial charge in [-0.1, -0.05) is 0 Å². The molecule has 1 atom stereocenters. The highest BCUT2D eigenvalue weighted by Gasteiger charge is 2.25. The number of hydrogen-bond donors (Lipinski definition) is 3. The Balaban J connectivity index is 2.24. The van der Waals surface area contributed by atoms with Gasteiger partial charge in [0.15, 0.2) is 0 Å². The number of rotatable bonds is 9. The molecule has 0 heterocycles. The molecule has 8 heteroatoms. The molecule has 1 aliphatic carbocycles. The molecule has 3 N–H and O–H groups in total. The second-order valence-electron chi connectivity index (χ2n) is 5.12. The fourth-order valence-electron chi connectivity index (χ4n) is 1.87. The average molecular weight is 301 g/mol. The minimum Gasteiger partial charge on any atom is -0.480 e. The predicted octanol–water partition coefficient (Wildman–Crippen LogP) is -0.214. The number of carbonyl (C=O) groups excluding carboxylic acids is 2. The van der Waals surface area contributed by atoms with Crippen LogP contribution in [0.4, 0.5) is 4.79 Å². The van der Waals surface area contributed by atoms with E-state index < -0.39 is 24.0 Å². The molecule has 0 aliphatic heterocycles. The molecule has 0 unspecified atom stereocenters. The van der Waals surface area contributed by atoms with Crippen molar-refractivity contribution in [2.24, 2.45) is 0 Å². The summed E-state index contributed by atoms with van der Waals surface area (Å²) < 4.78 is 4.44. The van der Waals surface area contributed by atoms with Crippen molar-refractivity contribution in [3.8, 4) is 0 Å². The Bertz CT molecular complexity index is 384. The quantitative estimate of drug-likeness (QED) is 0.508. The third-order valence-electron chi connectivity index (χ3n) is 3.39. The van der Waals surface area contributed by atoms with E-state index in [0.29, 0.717) is 12.6 Å². The van der Waals surface area contributed by atoms with Crippen LogP contribution in [0.3, 0.4) is 0 Å². The summed E-state index contributed by atoms with van der Waals surface area (Å²) in [5.74, 6) is -1.68. The van der Waals surface area contributed by atoms with Gasteiger partial charge in [0.1, 0.15) is 6.04 Å². The van der Waals surface area contributed by atoms with Gasteiger partial charge in [0.2, 0.25) is 0 Å². The summed E-state index contributed by atoms with van der Waals surface area (Å²) in [7, 11) is 3.22. The van der Waals surface area contributed by atoms with Gasteiger partial charge < -0.3 is 25.4 Å². The smallest absolute Gasteiger partial charge is 0.326 e. The first-order chi connectivity index (χ1) is 9.93. The zero-order valence-electron chi connectivity index (χ0n) is 12.4. The number of urea groups is 1. The van der Waals surface area contributed by atoms with Gasteiger partial charge >= 0.3 is 18.0 Å². The number of amides is 2. The Kier molecular flexibility index (Phi) is 6.93. The van der Waals surface area contributed by atoms with Crippen LogP contribution < -0.4 is 10.6 Å². The van der Waals surface area contributed by atoms with Gasteiger partial charge in [-0.2, -0.15) is 0 Å². The Morgan fingerprint density at radius 2 is 2.05 bits per heavy atom. The number of hydrogen-bond acceptors (Lipinski definition) is 5. The Morgan fingerprint density at radius 3 is 2.57 bits per heavy atom. The molecule has 0 aromatic heterocycles. The van der Waals surface area contributed by atoms with Gasteiger partial charge in [-0.3, -0.25) is 4.79 Å². The number of nitrogens with one attached hydrogen (secondary N) is 2. The van der Waals surface area contributed by atoms with Gasteiger partial charge in [0.05, 0.1) is 7.11 Å². The van der Waals surface area contributed by atoms with Crippen LogP contribution in [0.25, 0.3) is 0 Å². The van der Waals surface area contributed by atoms with E-state index in [0.717, 1.165) is 6.54 Å². The summed E-state index contributed by atoms with van der Waals surface area (Å²) in [5, 5.41) is 14.0. The number of carboxylic acids is 1. The summed E-state index contributed by atoms with van der Waals surface area (Å²) in [6, 6.07) is -1.04. The van der Waals surface area contributed by atoms with Crippen LogP contribution >= 0.6 is 0 Å². The highest BCUT2D eigenvalue weighted by molar-refractivity contribution is 5.83. The summed E-state index contributed by atoms with van der Waals surface area (Å²) in [6.45, 7) is 1.17. The molecule has 0 aromatic carbocycles. The molecule has 0 saturated heterocycles. The number of carboxylic acid groups (broad SMARTS) is 1. The minimum atomic E-state index is -1.18. The minimum absolute atomic E-state index is 0.00258. The van der Waals surface area contributed by atoms with Crippen LogP contribution in [0.15, 0.2) is 0 Å². The second kappa shape index (κ2) is 8.46. The first kappa shape index (κ1) is 17.2. The van der Waals surface area contributed by atoms with Gasteiger partial charge in [0, 0.05) is 25.6 Å². The van der Waals surface area contributed by atoms with Crippen LogP contribution in [-0.4, -0.2) is 67.3 Å². The number of ether oxygens (including phenoxy) is 1. The molecule has 0 aromatic rings. The third kappa shape index (κ3) is 6.94. The normalized spacial score (nSPS) is 15.4. The number of aliphatic carboxylic acids is 1. The molecule has 1 fully saturated rings. The molecule has 2 amide bonds. The summed E-state index contributed by atoms with van der Waals surface area (Å²) >= 11 is 0. The van der Waals surface area contributed by atoms with Crippen molar-refractivity contribution in [2.45, 2.75) is 37.8 Å². The largest absolute Gasteiger partial charge is 0.480 e. The molecule has 1 saturated carbocycles. The van der Waals surface area contributed by atoms with Crippen molar-refractivity contribution < 1.29 is 24.2 Å². The van der Waals surface area contributed by atoms with Gasteiger partial charge in [0.25, 0.3) is 0 Å². The molecule has 1 rings (SSSR count). The molecule has 0 bridgehead atoms. The van der Waals surface area contributed by atoms with E-state index in [2.05, 4.69) is 20.3 Å². The number of esters is 1. The van der Waals surface area contributed by atoms with E-state index in [4.69, 9.17) is 5.11 Å². The van der Waals surface area contributed by atoms with Crippen molar-refractivity contribution in [3.05, 3.63) is 0 Å². The number of nitrogens with zero attached hydrogens (tertiary/aromatic N) is 1. The van der Waals surface area contributed by atoms with E-state index in [-0.39, 0.29) is 12.8 Å². The standard InChI is InChI=1S/C13H23N3O5/c1-16(9-3-4-9)8-7-14-13(20)15-10(12(18)19)5-6-11(17)21-2/h9-10H,3-8H2,1-2H3,(H,18,19)(H2,14,15,20)/t10-/m0/s1. The van der Waals surface area contributed by atoms with E-state index in [1.54, 1.807) is 0 Å². The van der Waals surface area contributed by atoms with E-state index in [1.165, 1.54) is 20.0 Å². The monoisotopic (exact) mass is 301 g/mol. The molecular weight excluding hydrogens is 278 g/mol. The summed E-state index contributed by atoms with van der Waals surface area (Å²) in [5.41, 5.74) is 0. The fraction of sp³-hybridized carbons (Fsp3) is 0.769. The average Bonchev–Trinajstić information content (AvgIpc) is 3.26.